The lowest BCUT2D eigenvalue weighted by molar-refractivity contribution is -0.139. The molecule has 4 N–H and O–H groups in total. The molecule has 2 aromatic rings. The molecular weight excluding hydrogens is 601 g/mol. The first-order chi connectivity index (χ1) is 22.2. The molecule has 0 radical (unpaired) electrons. The Morgan fingerprint density at radius 2 is 1.59 bits per heavy atom. The van der Waals surface area contributed by atoms with E-state index in [1.165, 1.54) is 25.3 Å². The van der Waals surface area contributed by atoms with Gasteiger partial charge in [-0.2, -0.15) is 0 Å². The molecule has 2 aromatic carbocycles. The number of para-hydroxylation sites is 2. The maximum Gasteiger partial charge on any atom is 0.407 e. The normalized spacial score (nSPS) is 15.0. The van der Waals surface area contributed by atoms with Crippen molar-refractivity contribution < 1.29 is 47.6 Å². The van der Waals surface area contributed by atoms with Gasteiger partial charge in [0.1, 0.15) is 18.5 Å². The number of benzene rings is 2. The van der Waals surface area contributed by atoms with Gasteiger partial charge >= 0.3 is 18.0 Å². The molecule has 250 valence electrons. The first-order valence-corrected chi connectivity index (χ1v) is 14.9. The second-order valence-electron chi connectivity index (χ2n) is 10.4. The molecule has 1 amide bonds. The van der Waals surface area contributed by atoms with Crippen molar-refractivity contribution in [2.75, 3.05) is 53.7 Å². The zero-order valence-electron chi connectivity index (χ0n) is 26.5. The fourth-order valence-corrected chi connectivity index (χ4v) is 4.83. The number of hydrogen-bond acceptors (Lipinski definition) is 11. The van der Waals surface area contributed by atoms with E-state index in [9.17, 15) is 23.9 Å². The van der Waals surface area contributed by atoms with Gasteiger partial charge in [-0.15, -0.1) is 0 Å². The first kappa shape index (κ1) is 35.9. The SMILES string of the molecule is COC(=O)C1=C(C)NC(C)=C(C(=O)OCCCCOC(=O)NCCNCC(O)COc2ccccc2OC)C1c1cccc(F)c1. The molecule has 0 saturated heterocycles. The Balaban J connectivity index is 1.34. The summed E-state index contributed by atoms with van der Waals surface area (Å²) in [7, 11) is 2.78. The molecule has 1 aliphatic heterocycles. The summed E-state index contributed by atoms with van der Waals surface area (Å²) < 4.78 is 40.5. The number of methoxy groups -OCH3 is 2. The van der Waals surface area contributed by atoms with Crippen LogP contribution in [0.4, 0.5) is 9.18 Å². The average Bonchev–Trinajstić information content (AvgIpc) is 3.04. The van der Waals surface area contributed by atoms with Crippen LogP contribution in [0.3, 0.4) is 0 Å². The number of carbonyl (C=O) groups is 3. The number of rotatable bonds is 17. The van der Waals surface area contributed by atoms with Crippen LogP contribution in [-0.2, 0) is 23.8 Å². The standard InChI is InChI=1S/C33H42FN3O9/c1-21-28(31(39)43-4)30(23-10-9-11-24(34)18-23)29(22(2)37-21)32(40)44-16-7-8-17-45-33(41)36-15-14-35-19-25(38)20-46-27-13-6-5-12-26(27)42-3/h5-6,9-13,18,25,30,35,37-38H,7-8,14-17,19-20H2,1-4H3,(H,36,41). The summed E-state index contributed by atoms with van der Waals surface area (Å²) in [6.07, 6.45) is -0.502. The highest BCUT2D eigenvalue weighted by atomic mass is 19.1. The van der Waals surface area contributed by atoms with E-state index in [4.69, 9.17) is 23.7 Å². The number of dihydropyridines is 1. The van der Waals surface area contributed by atoms with Gasteiger partial charge in [-0.25, -0.2) is 18.8 Å². The quantitative estimate of drug-likeness (QED) is 0.114. The molecule has 0 fully saturated rings. The van der Waals surface area contributed by atoms with E-state index in [0.29, 0.717) is 47.8 Å². The molecule has 1 aliphatic rings. The monoisotopic (exact) mass is 643 g/mol. The summed E-state index contributed by atoms with van der Waals surface area (Å²) in [6, 6.07) is 12.8. The van der Waals surface area contributed by atoms with Gasteiger partial charge in [0.2, 0.25) is 0 Å². The van der Waals surface area contributed by atoms with Crippen LogP contribution in [-0.4, -0.2) is 82.9 Å². The number of nitrogens with one attached hydrogen (secondary N) is 3. The number of esters is 2. The Labute approximate surface area is 267 Å². The number of aliphatic hydroxyl groups is 1. The Morgan fingerprint density at radius 1 is 0.913 bits per heavy atom. The van der Waals surface area contributed by atoms with Crippen LogP contribution in [0.2, 0.25) is 0 Å². The molecule has 2 atom stereocenters. The maximum atomic E-state index is 14.1. The molecule has 0 aromatic heterocycles. The summed E-state index contributed by atoms with van der Waals surface area (Å²) >= 11 is 0. The third-order valence-corrected chi connectivity index (χ3v) is 7.02. The Morgan fingerprint density at radius 3 is 2.26 bits per heavy atom. The van der Waals surface area contributed by atoms with Gasteiger partial charge in [0.15, 0.2) is 11.5 Å². The number of carbonyl (C=O) groups excluding carboxylic acids is 3. The fourth-order valence-electron chi connectivity index (χ4n) is 4.83. The highest BCUT2D eigenvalue weighted by molar-refractivity contribution is 5.99. The number of unbranched alkanes of at least 4 members (excludes halogenated alkanes) is 1. The number of amides is 1. The van der Waals surface area contributed by atoms with E-state index < -0.39 is 35.9 Å². The largest absolute Gasteiger partial charge is 0.493 e. The van der Waals surface area contributed by atoms with Crippen LogP contribution in [0.25, 0.3) is 0 Å². The van der Waals surface area contributed by atoms with Gasteiger partial charge < -0.3 is 44.7 Å². The molecule has 0 bridgehead atoms. The number of hydrogen-bond donors (Lipinski definition) is 4. The molecule has 0 spiro atoms. The predicted molar refractivity (Wildman–Crippen MR) is 167 cm³/mol. The van der Waals surface area contributed by atoms with E-state index in [-0.39, 0.29) is 44.1 Å². The van der Waals surface area contributed by atoms with Crippen LogP contribution >= 0.6 is 0 Å². The summed E-state index contributed by atoms with van der Waals surface area (Å²) in [4.78, 5) is 37.8. The number of halogens is 1. The Kier molecular flexibility index (Phi) is 14.3. The zero-order chi connectivity index (χ0) is 33.5. The van der Waals surface area contributed by atoms with Crippen molar-refractivity contribution in [1.29, 1.82) is 0 Å². The Hall–Kier alpha value is -4.62. The van der Waals surface area contributed by atoms with Crippen molar-refractivity contribution >= 4 is 18.0 Å². The van der Waals surface area contributed by atoms with Gasteiger partial charge in [0.05, 0.1) is 44.5 Å². The van der Waals surface area contributed by atoms with Crippen molar-refractivity contribution in [3.05, 3.63) is 82.5 Å². The van der Waals surface area contributed by atoms with Crippen LogP contribution in [0.1, 0.15) is 38.2 Å². The van der Waals surface area contributed by atoms with Crippen molar-refractivity contribution in [2.45, 2.75) is 38.7 Å². The van der Waals surface area contributed by atoms with Gasteiger partial charge in [-0.05, 0) is 56.5 Å². The molecule has 2 unspecified atom stereocenters. The highest BCUT2D eigenvalue weighted by Gasteiger charge is 2.38. The third-order valence-electron chi connectivity index (χ3n) is 7.02. The second kappa shape index (κ2) is 18.4. The molecule has 1 heterocycles. The van der Waals surface area contributed by atoms with E-state index in [2.05, 4.69) is 16.0 Å². The van der Waals surface area contributed by atoms with Crippen LogP contribution in [0, 0.1) is 5.82 Å². The third kappa shape index (κ3) is 10.5. The smallest absolute Gasteiger partial charge is 0.407 e. The molecule has 12 nitrogen and oxygen atoms in total. The summed E-state index contributed by atoms with van der Waals surface area (Å²) in [5.41, 5.74) is 1.76. The fraction of sp³-hybridized carbons (Fsp3) is 0.424. The maximum absolute atomic E-state index is 14.1. The van der Waals surface area contributed by atoms with Crippen LogP contribution in [0.5, 0.6) is 11.5 Å². The second-order valence-corrected chi connectivity index (χ2v) is 10.4. The van der Waals surface area contributed by atoms with Crippen LogP contribution < -0.4 is 25.4 Å². The van der Waals surface area contributed by atoms with E-state index in [1.54, 1.807) is 39.2 Å². The predicted octanol–water partition coefficient (Wildman–Crippen LogP) is 3.32. The summed E-state index contributed by atoms with van der Waals surface area (Å²) in [6.45, 7) is 4.55. The van der Waals surface area contributed by atoms with Crippen molar-refractivity contribution in [3.8, 4) is 11.5 Å². The van der Waals surface area contributed by atoms with Crippen molar-refractivity contribution in [1.82, 2.24) is 16.0 Å². The van der Waals surface area contributed by atoms with E-state index in [1.807, 2.05) is 12.1 Å². The molecule has 46 heavy (non-hydrogen) atoms. The molecule has 0 aliphatic carbocycles. The lowest BCUT2D eigenvalue weighted by Crippen LogP contribution is -2.37. The van der Waals surface area contributed by atoms with E-state index in [0.717, 1.165) is 0 Å². The molecule has 13 heteroatoms. The molecule has 0 saturated carbocycles. The van der Waals surface area contributed by atoms with Crippen LogP contribution in [0.15, 0.2) is 71.1 Å². The van der Waals surface area contributed by atoms with Crippen molar-refractivity contribution in [2.24, 2.45) is 0 Å². The first-order valence-electron chi connectivity index (χ1n) is 14.9. The highest BCUT2D eigenvalue weighted by Crippen LogP contribution is 2.39. The number of ether oxygens (including phenoxy) is 5. The Bertz CT molecular complexity index is 1410. The number of aliphatic hydroxyl groups excluding tert-OH is 1. The zero-order valence-corrected chi connectivity index (χ0v) is 26.5. The summed E-state index contributed by atoms with van der Waals surface area (Å²) in [5, 5.41) is 18.8. The number of allylic oxidation sites excluding steroid dienone is 2. The minimum atomic E-state index is -0.881. The molecular formula is C33H42FN3O9. The van der Waals surface area contributed by atoms with E-state index >= 15 is 0 Å². The minimum Gasteiger partial charge on any atom is -0.493 e. The minimum absolute atomic E-state index is 0.0414. The van der Waals surface area contributed by atoms with Gasteiger partial charge in [0, 0.05) is 31.0 Å². The summed E-state index contributed by atoms with van der Waals surface area (Å²) in [5.74, 6) is -1.57. The molecule has 3 rings (SSSR count). The van der Waals surface area contributed by atoms with Gasteiger partial charge in [0.25, 0.3) is 0 Å². The average molecular weight is 644 g/mol. The lowest BCUT2D eigenvalue weighted by atomic mass is 9.80. The van der Waals surface area contributed by atoms with Crippen molar-refractivity contribution in [3.63, 3.8) is 0 Å². The lowest BCUT2D eigenvalue weighted by Gasteiger charge is -2.30. The van der Waals surface area contributed by atoms with Gasteiger partial charge in [-0.1, -0.05) is 24.3 Å². The topological polar surface area (TPSA) is 154 Å². The van der Waals surface area contributed by atoms with Gasteiger partial charge in [-0.3, -0.25) is 0 Å². The number of alkyl carbamates (subject to hydrolysis) is 1.